The fourth-order valence-electron chi connectivity index (χ4n) is 4.04. The number of likely N-dealkylation sites (N-methyl/N-ethyl adjacent to an activating group) is 1. The first kappa shape index (κ1) is 17.7. The maximum Gasteiger partial charge on any atom is 0.287 e. The van der Waals surface area contributed by atoms with E-state index in [4.69, 9.17) is 14.2 Å². The summed E-state index contributed by atoms with van der Waals surface area (Å²) >= 11 is 0. The molecule has 2 aromatic carbocycles. The van der Waals surface area contributed by atoms with Crippen LogP contribution in [-0.4, -0.2) is 44.9 Å². The van der Waals surface area contributed by atoms with E-state index in [-0.39, 0.29) is 12.7 Å². The van der Waals surface area contributed by atoms with E-state index in [0.717, 1.165) is 35.3 Å². The van der Waals surface area contributed by atoms with Gasteiger partial charge in [0.1, 0.15) is 0 Å². The molecule has 27 heavy (non-hydrogen) atoms. The number of para-hydroxylation sites is 1. The summed E-state index contributed by atoms with van der Waals surface area (Å²) in [4.78, 5) is 13.4. The summed E-state index contributed by atoms with van der Waals surface area (Å²) in [6.45, 7) is 3.01. The molecule has 0 aromatic heterocycles. The summed E-state index contributed by atoms with van der Waals surface area (Å²) in [5.41, 5.74) is 3.83. The number of nitrogens with one attached hydrogen (secondary N) is 1. The SMILES string of the molecule is COc1c2c(cc3c1[C@@H](C(=O)Nc1ccccc1C)[N+](C)(C)CC3)OCO2. The maximum absolute atomic E-state index is 13.4. The molecule has 4 rings (SSSR count). The molecule has 2 aliphatic heterocycles. The van der Waals surface area contributed by atoms with Crippen LogP contribution in [0.2, 0.25) is 0 Å². The number of carbonyl (C=O) groups excluding carboxylic acids is 1. The smallest absolute Gasteiger partial charge is 0.287 e. The summed E-state index contributed by atoms with van der Waals surface area (Å²) in [6.07, 6.45) is 0.851. The van der Waals surface area contributed by atoms with Gasteiger partial charge in [-0.3, -0.25) is 4.79 Å². The first-order chi connectivity index (χ1) is 12.9. The van der Waals surface area contributed by atoms with Crippen molar-refractivity contribution in [2.45, 2.75) is 19.4 Å². The molecule has 0 saturated carbocycles. The van der Waals surface area contributed by atoms with Gasteiger partial charge in [-0.15, -0.1) is 0 Å². The number of methoxy groups -OCH3 is 1. The number of hydrogen-bond donors (Lipinski definition) is 1. The first-order valence-electron chi connectivity index (χ1n) is 9.11. The van der Waals surface area contributed by atoms with Crippen LogP contribution in [0.3, 0.4) is 0 Å². The van der Waals surface area contributed by atoms with Gasteiger partial charge in [0.05, 0.1) is 33.3 Å². The lowest BCUT2D eigenvalue weighted by atomic mass is 9.88. The number of amides is 1. The third-order valence-corrected chi connectivity index (χ3v) is 5.53. The van der Waals surface area contributed by atoms with Crippen molar-refractivity contribution in [1.82, 2.24) is 0 Å². The van der Waals surface area contributed by atoms with E-state index in [9.17, 15) is 4.79 Å². The van der Waals surface area contributed by atoms with Crippen LogP contribution in [0.4, 0.5) is 5.69 Å². The molecule has 0 aliphatic carbocycles. The van der Waals surface area contributed by atoms with E-state index in [1.54, 1.807) is 7.11 Å². The Labute approximate surface area is 159 Å². The van der Waals surface area contributed by atoms with Crippen molar-refractivity contribution >= 4 is 11.6 Å². The molecule has 0 spiro atoms. The molecule has 1 atom stereocenters. The van der Waals surface area contributed by atoms with Crippen LogP contribution in [-0.2, 0) is 11.2 Å². The number of aryl methyl sites for hydroxylation is 1. The van der Waals surface area contributed by atoms with Crippen LogP contribution in [0.25, 0.3) is 0 Å². The second-order valence-electron chi connectivity index (χ2n) is 7.68. The highest BCUT2D eigenvalue weighted by Crippen LogP contribution is 2.50. The van der Waals surface area contributed by atoms with Crippen molar-refractivity contribution in [3.63, 3.8) is 0 Å². The number of hydrogen-bond acceptors (Lipinski definition) is 4. The summed E-state index contributed by atoms with van der Waals surface area (Å²) in [6, 6.07) is 9.39. The lowest BCUT2D eigenvalue weighted by Crippen LogP contribution is -2.52. The van der Waals surface area contributed by atoms with Gasteiger partial charge in [0, 0.05) is 12.1 Å². The third-order valence-electron chi connectivity index (χ3n) is 5.53. The number of quaternary nitrogens is 1. The van der Waals surface area contributed by atoms with Crippen LogP contribution in [0.15, 0.2) is 30.3 Å². The Bertz CT molecular complexity index is 907. The molecular weight excluding hydrogens is 344 g/mol. The third kappa shape index (κ3) is 2.90. The zero-order valence-electron chi connectivity index (χ0n) is 16.2. The van der Waals surface area contributed by atoms with Gasteiger partial charge in [-0.05, 0) is 30.2 Å². The zero-order valence-corrected chi connectivity index (χ0v) is 16.2. The van der Waals surface area contributed by atoms with Gasteiger partial charge in [0.25, 0.3) is 5.91 Å². The minimum Gasteiger partial charge on any atom is -0.492 e. The average molecular weight is 369 g/mol. The van der Waals surface area contributed by atoms with E-state index < -0.39 is 6.04 Å². The second kappa shape index (κ2) is 6.46. The van der Waals surface area contributed by atoms with Crippen LogP contribution in [0, 0.1) is 6.92 Å². The monoisotopic (exact) mass is 369 g/mol. The predicted molar refractivity (Wildman–Crippen MR) is 102 cm³/mol. The molecule has 6 heteroatoms. The molecular formula is C21H25N2O4+. The normalized spacial score (nSPS) is 19.3. The van der Waals surface area contributed by atoms with E-state index in [2.05, 4.69) is 19.4 Å². The summed E-state index contributed by atoms with van der Waals surface area (Å²) in [7, 11) is 5.77. The second-order valence-corrected chi connectivity index (χ2v) is 7.68. The Hall–Kier alpha value is -2.73. The Balaban J connectivity index is 1.81. The zero-order chi connectivity index (χ0) is 19.2. The fraction of sp³-hybridized carbons (Fsp3) is 0.381. The molecule has 1 amide bonds. The van der Waals surface area contributed by atoms with Crippen molar-refractivity contribution in [2.75, 3.05) is 39.9 Å². The molecule has 0 radical (unpaired) electrons. The lowest BCUT2D eigenvalue weighted by molar-refractivity contribution is -0.913. The predicted octanol–water partition coefficient (Wildman–Crippen LogP) is 3.04. The van der Waals surface area contributed by atoms with Crippen molar-refractivity contribution in [2.24, 2.45) is 0 Å². The van der Waals surface area contributed by atoms with Gasteiger partial charge >= 0.3 is 0 Å². The highest BCUT2D eigenvalue weighted by molar-refractivity contribution is 5.96. The van der Waals surface area contributed by atoms with Crippen molar-refractivity contribution < 1.29 is 23.5 Å². The minimum absolute atomic E-state index is 0.0487. The summed E-state index contributed by atoms with van der Waals surface area (Å²) < 4.78 is 17.4. The van der Waals surface area contributed by atoms with Crippen molar-refractivity contribution in [3.8, 4) is 17.2 Å². The highest BCUT2D eigenvalue weighted by atomic mass is 16.7. The van der Waals surface area contributed by atoms with E-state index in [1.807, 2.05) is 37.3 Å². The van der Waals surface area contributed by atoms with Gasteiger partial charge < -0.3 is 24.0 Å². The maximum atomic E-state index is 13.4. The van der Waals surface area contributed by atoms with Crippen LogP contribution < -0.4 is 19.5 Å². The number of ether oxygens (including phenoxy) is 3. The first-order valence-corrected chi connectivity index (χ1v) is 9.11. The largest absolute Gasteiger partial charge is 0.492 e. The number of nitrogens with zero attached hydrogens (tertiary/aromatic N) is 1. The number of anilines is 1. The van der Waals surface area contributed by atoms with Crippen molar-refractivity contribution in [3.05, 3.63) is 47.0 Å². The Kier molecular flexibility index (Phi) is 4.23. The Morgan fingerprint density at radius 2 is 2.04 bits per heavy atom. The van der Waals surface area contributed by atoms with Crippen LogP contribution in [0.1, 0.15) is 22.7 Å². The summed E-state index contributed by atoms with van der Waals surface area (Å²) in [5, 5.41) is 3.11. The van der Waals surface area contributed by atoms with Gasteiger partial charge in [0.2, 0.25) is 12.5 Å². The average Bonchev–Trinajstić information content (AvgIpc) is 3.09. The highest BCUT2D eigenvalue weighted by Gasteiger charge is 2.45. The van der Waals surface area contributed by atoms with E-state index in [1.165, 1.54) is 0 Å². The van der Waals surface area contributed by atoms with E-state index >= 15 is 0 Å². The Morgan fingerprint density at radius 1 is 1.26 bits per heavy atom. The van der Waals surface area contributed by atoms with Gasteiger partial charge in [0.15, 0.2) is 17.5 Å². The molecule has 0 unspecified atom stereocenters. The lowest BCUT2D eigenvalue weighted by Gasteiger charge is -2.42. The molecule has 2 aromatic rings. The fourth-order valence-corrected chi connectivity index (χ4v) is 4.04. The Morgan fingerprint density at radius 3 is 2.78 bits per heavy atom. The van der Waals surface area contributed by atoms with Gasteiger partial charge in [-0.2, -0.15) is 0 Å². The topological polar surface area (TPSA) is 56.8 Å². The molecule has 2 heterocycles. The van der Waals surface area contributed by atoms with Gasteiger partial charge in [-0.25, -0.2) is 0 Å². The van der Waals surface area contributed by atoms with E-state index in [0.29, 0.717) is 21.7 Å². The summed E-state index contributed by atoms with van der Waals surface area (Å²) in [5.74, 6) is 1.84. The standard InChI is InChI=1S/C21H24N2O4/c1-13-7-5-6-8-15(13)22-21(24)18-17-14(9-10-23(18,2)3)11-16-19(20(17)25-4)27-12-26-16/h5-8,11,18H,9-10,12H2,1-4H3/p+1/t18-/m0/s1. The number of fused-ring (bicyclic) bond motifs is 2. The molecule has 0 bridgehead atoms. The van der Waals surface area contributed by atoms with Crippen LogP contribution in [0.5, 0.6) is 17.2 Å². The quantitative estimate of drug-likeness (QED) is 0.845. The minimum atomic E-state index is -0.405. The number of rotatable bonds is 3. The number of carbonyl (C=O) groups is 1. The molecule has 0 fully saturated rings. The van der Waals surface area contributed by atoms with Crippen LogP contribution >= 0.6 is 0 Å². The molecule has 142 valence electrons. The molecule has 6 nitrogen and oxygen atoms in total. The molecule has 1 N–H and O–H groups in total. The molecule has 2 aliphatic rings. The van der Waals surface area contributed by atoms with Gasteiger partial charge in [-0.1, -0.05) is 18.2 Å². The molecule has 0 saturated heterocycles. The number of benzene rings is 2. The van der Waals surface area contributed by atoms with Crippen molar-refractivity contribution in [1.29, 1.82) is 0 Å².